The van der Waals surface area contributed by atoms with Crippen LogP contribution in [0.5, 0.6) is 0 Å². The molecule has 0 radical (unpaired) electrons. The van der Waals surface area contributed by atoms with Crippen molar-refractivity contribution in [2.24, 2.45) is 17.8 Å². The highest BCUT2D eigenvalue weighted by Crippen LogP contribution is 2.17. The maximum Gasteiger partial charge on any atom is 0.237 e. The maximum absolute atomic E-state index is 12.0. The zero-order valence-electron chi connectivity index (χ0n) is 11.2. The third kappa shape index (κ3) is 3.71. The van der Waals surface area contributed by atoms with E-state index in [1.54, 1.807) is 0 Å². The van der Waals surface area contributed by atoms with E-state index in [1.807, 2.05) is 13.8 Å². The zero-order chi connectivity index (χ0) is 13.0. The quantitative estimate of drug-likeness (QED) is 0.803. The second-order valence-electron chi connectivity index (χ2n) is 5.49. The fraction of sp³-hybridized carbons (Fsp3) is 0.846. The molecule has 0 aliphatic carbocycles. The van der Waals surface area contributed by atoms with Crippen LogP contribution in [0, 0.1) is 29.1 Å². The highest BCUT2D eigenvalue weighted by molar-refractivity contribution is 5.81. The molecular formula is C13H23N3O. The lowest BCUT2D eigenvalue weighted by atomic mass is 9.91. The van der Waals surface area contributed by atoms with Gasteiger partial charge in [-0.2, -0.15) is 5.26 Å². The Bertz CT molecular complexity index is 308. The maximum atomic E-state index is 12.0. The van der Waals surface area contributed by atoms with E-state index in [0.717, 1.165) is 19.5 Å². The molecule has 1 heterocycles. The number of nitrogens with one attached hydrogen (secondary N) is 1. The summed E-state index contributed by atoms with van der Waals surface area (Å²) in [6.45, 7) is 7.98. The second-order valence-corrected chi connectivity index (χ2v) is 5.49. The van der Waals surface area contributed by atoms with Gasteiger partial charge in [0.25, 0.3) is 0 Å². The lowest BCUT2D eigenvalue weighted by molar-refractivity contribution is -0.125. The Kier molecular flexibility index (Phi) is 4.95. The van der Waals surface area contributed by atoms with Gasteiger partial charge in [-0.05, 0) is 31.8 Å². The molecule has 0 spiro atoms. The van der Waals surface area contributed by atoms with Crippen LogP contribution in [0.3, 0.4) is 0 Å². The van der Waals surface area contributed by atoms with Gasteiger partial charge in [-0.3, -0.25) is 4.79 Å². The predicted molar refractivity (Wildman–Crippen MR) is 67.1 cm³/mol. The van der Waals surface area contributed by atoms with Gasteiger partial charge in [0, 0.05) is 12.6 Å². The van der Waals surface area contributed by atoms with E-state index in [9.17, 15) is 4.79 Å². The van der Waals surface area contributed by atoms with Crippen LogP contribution < -0.4 is 5.32 Å². The molecule has 1 N–H and O–H groups in total. The van der Waals surface area contributed by atoms with Gasteiger partial charge in [-0.1, -0.05) is 20.8 Å². The van der Waals surface area contributed by atoms with E-state index in [-0.39, 0.29) is 17.9 Å². The van der Waals surface area contributed by atoms with Crippen molar-refractivity contribution in [2.75, 3.05) is 20.1 Å². The fourth-order valence-corrected chi connectivity index (χ4v) is 2.35. The van der Waals surface area contributed by atoms with Gasteiger partial charge in [0.2, 0.25) is 5.91 Å². The molecule has 1 saturated heterocycles. The number of hydrogen-bond donors (Lipinski definition) is 1. The summed E-state index contributed by atoms with van der Waals surface area (Å²) < 4.78 is 0. The summed E-state index contributed by atoms with van der Waals surface area (Å²) in [6.07, 6.45) is 0.972. The average Bonchev–Trinajstić information content (AvgIpc) is 2.22. The van der Waals surface area contributed by atoms with Crippen LogP contribution in [0.4, 0.5) is 0 Å². The molecule has 4 nitrogen and oxygen atoms in total. The number of piperidine rings is 1. The van der Waals surface area contributed by atoms with E-state index in [4.69, 9.17) is 5.26 Å². The summed E-state index contributed by atoms with van der Waals surface area (Å²) in [6, 6.07) is 2.31. The molecule has 0 saturated carbocycles. The van der Waals surface area contributed by atoms with Gasteiger partial charge in [0.05, 0.1) is 6.07 Å². The van der Waals surface area contributed by atoms with E-state index in [2.05, 4.69) is 30.3 Å². The number of nitriles is 1. The summed E-state index contributed by atoms with van der Waals surface area (Å²) in [5.41, 5.74) is 0. The number of carbonyl (C=O) groups is 1. The standard InChI is InChI=1S/C13H23N3O/c1-9(2)11(7-14)13(17)15-12-5-6-16(4)8-10(12)3/h9-12H,5-6,8H2,1-4H3,(H,15,17). The topological polar surface area (TPSA) is 56.1 Å². The van der Waals surface area contributed by atoms with Gasteiger partial charge in [-0.25, -0.2) is 0 Å². The molecule has 1 aliphatic heterocycles. The molecule has 4 heteroatoms. The molecule has 1 fully saturated rings. The molecule has 1 rings (SSSR count). The molecule has 17 heavy (non-hydrogen) atoms. The first kappa shape index (κ1) is 14.0. The lowest BCUT2D eigenvalue weighted by Gasteiger charge is -2.35. The normalized spacial score (nSPS) is 27.5. The Hall–Kier alpha value is -1.08. The Balaban J connectivity index is 2.54. The Labute approximate surface area is 104 Å². The van der Waals surface area contributed by atoms with Crippen LogP contribution in [0.2, 0.25) is 0 Å². The van der Waals surface area contributed by atoms with Crippen LogP contribution in [0.1, 0.15) is 27.2 Å². The van der Waals surface area contributed by atoms with Crippen molar-refractivity contribution in [3.63, 3.8) is 0 Å². The van der Waals surface area contributed by atoms with E-state index < -0.39 is 5.92 Å². The first-order valence-corrected chi connectivity index (χ1v) is 6.34. The number of likely N-dealkylation sites (tertiary alicyclic amines) is 1. The number of hydrogen-bond acceptors (Lipinski definition) is 3. The molecule has 3 atom stereocenters. The minimum Gasteiger partial charge on any atom is -0.352 e. The summed E-state index contributed by atoms with van der Waals surface area (Å²) in [5, 5.41) is 12.0. The molecule has 0 aromatic rings. The van der Waals surface area contributed by atoms with Crippen molar-refractivity contribution in [1.82, 2.24) is 10.2 Å². The highest BCUT2D eigenvalue weighted by atomic mass is 16.1. The van der Waals surface area contributed by atoms with Crippen molar-refractivity contribution in [1.29, 1.82) is 5.26 Å². The Morgan fingerprint density at radius 3 is 2.65 bits per heavy atom. The molecule has 0 bridgehead atoms. The smallest absolute Gasteiger partial charge is 0.237 e. The van der Waals surface area contributed by atoms with Crippen LogP contribution in [-0.2, 0) is 4.79 Å². The van der Waals surface area contributed by atoms with Crippen molar-refractivity contribution >= 4 is 5.91 Å². The highest BCUT2D eigenvalue weighted by Gasteiger charge is 2.29. The van der Waals surface area contributed by atoms with Crippen LogP contribution in [0.25, 0.3) is 0 Å². The van der Waals surface area contributed by atoms with Crippen molar-refractivity contribution in [2.45, 2.75) is 33.2 Å². The SMILES string of the molecule is CC(C)C(C#N)C(=O)NC1CCN(C)CC1C. The predicted octanol–water partition coefficient (Wildman–Crippen LogP) is 1.24. The first-order valence-electron chi connectivity index (χ1n) is 6.34. The average molecular weight is 237 g/mol. The fourth-order valence-electron chi connectivity index (χ4n) is 2.35. The van der Waals surface area contributed by atoms with E-state index in [1.165, 1.54) is 0 Å². The lowest BCUT2D eigenvalue weighted by Crippen LogP contribution is -2.50. The number of rotatable bonds is 3. The van der Waals surface area contributed by atoms with Crippen LogP contribution in [-0.4, -0.2) is 37.0 Å². The van der Waals surface area contributed by atoms with Crippen molar-refractivity contribution in [3.8, 4) is 6.07 Å². The zero-order valence-corrected chi connectivity index (χ0v) is 11.2. The third-order valence-electron chi connectivity index (χ3n) is 3.52. The van der Waals surface area contributed by atoms with Crippen molar-refractivity contribution < 1.29 is 4.79 Å². The first-order chi connectivity index (χ1) is 7.95. The third-order valence-corrected chi connectivity index (χ3v) is 3.52. The van der Waals surface area contributed by atoms with Crippen LogP contribution in [0.15, 0.2) is 0 Å². The van der Waals surface area contributed by atoms with Gasteiger partial charge in [-0.15, -0.1) is 0 Å². The molecule has 3 unspecified atom stereocenters. The largest absolute Gasteiger partial charge is 0.352 e. The van der Waals surface area contributed by atoms with Gasteiger partial charge < -0.3 is 10.2 Å². The summed E-state index contributed by atoms with van der Waals surface area (Å²) in [4.78, 5) is 14.2. The van der Waals surface area contributed by atoms with Gasteiger partial charge >= 0.3 is 0 Å². The summed E-state index contributed by atoms with van der Waals surface area (Å²) >= 11 is 0. The monoisotopic (exact) mass is 237 g/mol. The molecule has 0 aromatic heterocycles. The Morgan fingerprint density at radius 2 is 2.18 bits per heavy atom. The minimum absolute atomic E-state index is 0.0709. The Morgan fingerprint density at radius 1 is 1.53 bits per heavy atom. The number of carbonyl (C=O) groups excluding carboxylic acids is 1. The summed E-state index contributed by atoms with van der Waals surface area (Å²) in [5.74, 6) is -0.114. The molecule has 0 aromatic carbocycles. The second kappa shape index (κ2) is 6.02. The molecular weight excluding hydrogens is 214 g/mol. The molecule has 1 amide bonds. The van der Waals surface area contributed by atoms with E-state index >= 15 is 0 Å². The summed E-state index contributed by atoms with van der Waals surface area (Å²) in [7, 11) is 2.10. The minimum atomic E-state index is -0.526. The van der Waals surface area contributed by atoms with Crippen LogP contribution >= 0.6 is 0 Å². The number of nitrogens with zero attached hydrogens (tertiary/aromatic N) is 2. The molecule has 96 valence electrons. The van der Waals surface area contributed by atoms with Gasteiger partial charge in [0.15, 0.2) is 0 Å². The number of amides is 1. The van der Waals surface area contributed by atoms with Crippen molar-refractivity contribution in [3.05, 3.63) is 0 Å². The molecule has 1 aliphatic rings. The van der Waals surface area contributed by atoms with E-state index in [0.29, 0.717) is 5.92 Å². The van der Waals surface area contributed by atoms with Gasteiger partial charge in [0.1, 0.15) is 5.92 Å².